The molecule has 0 spiro atoms. The number of ether oxygens (including phenoxy) is 1. The molecule has 12 heteroatoms. The van der Waals surface area contributed by atoms with E-state index in [1.54, 1.807) is 4.90 Å². The highest BCUT2D eigenvalue weighted by molar-refractivity contribution is 5.76. The summed E-state index contributed by atoms with van der Waals surface area (Å²) in [5, 5.41) is 6.20. The third-order valence-electron chi connectivity index (χ3n) is 8.69. The van der Waals surface area contributed by atoms with E-state index >= 15 is 0 Å². The predicted octanol–water partition coefficient (Wildman–Crippen LogP) is 4.31. The first-order valence-electron chi connectivity index (χ1n) is 14.6. The number of halogens is 3. The van der Waals surface area contributed by atoms with Crippen LogP contribution in [-0.2, 0) is 15.7 Å². The molecule has 2 aromatic rings. The van der Waals surface area contributed by atoms with Crippen LogP contribution < -0.4 is 15.5 Å². The van der Waals surface area contributed by atoms with E-state index in [4.69, 9.17) is 4.74 Å². The maximum atomic E-state index is 13.9. The van der Waals surface area contributed by atoms with E-state index in [1.165, 1.54) is 5.69 Å². The maximum Gasteiger partial charge on any atom is 0.421 e. The summed E-state index contributed by atoms with van der Waals surface area (Å²) < 4.78 is 47.2. The average Bonchev–Trinajstić information content (AvgIpc) is 3.86. The molecule has 9 nitrogen and oxygen atoms in total. The van der Waals surface area contributed by atoms with Gasteiger partial charge in [-0.3, -0.25) is 4.79 Å². The van der Waals surface area contributed by atoms with Crippen molar-refractivity contribution >= 4 is 29.0 Å². The Bertz CT molecular complexity index is 1260. The van der Waals surface area contributed by atoms with Crippen LogP contribution in [0.4, 0.5) is 36.3 Å². The number of amides is 1. The van der Waals surface area contributed by atoms with Gasteiger partial charge in [0.2, 0.25) is 11.9 Å². The van der Waals surface area contributed by atoms with Crippen LogP contribution in [0.1, 0.15) is 49.1 Å². The van der Waals surface area contributed by atoms with Crippen molar-refractivity contribution in [2.24, 2.45) is 5.41 Å². The molecule has 0 radical (unpaired) electrons. The van der Waals surface area contributed by atoms with Crippen molar-refractivity contribution < 1.29 is 22.7 Å². The third kappa shape index (κ3) is 6.69. The number of benzene rings is 1. The maximum absolute atomic E-state index is 13.9. The Kier molecular flexibility index (Phi) is 7.71. The predicted molar refractivity (Wildman–Crippen MR) is 151 cm³/mol. The van der Waals surface area contributed by atoms with Gasteiger partial charge in [0.1, 0.15) is 11.4 Å². The molecule has 4 fully saturated rings. The van der Waals surface area contributed by atoms with Gasteiger partial charge in [-0.1, -0.05) is 0 Å². The third-order valence-corrected chi connectivity index (χ3v) is 8.69. The van der Waals surface area contributed by atoms with Crippen LogP contribution in [0, 0.1) is 5.41 Å². The summed E-state index contributed by atoms with van der Waals surface area (Å²) in [6, 6.07) is 6.27. The van der Waals surface area contributed by atoms with Gasteiger partial charge in [-0.05, 0) is 62.4 Å². The molecule has 2 saturated carbocycles. The Morgan fingerprint density at radius 2 is 1.88 bits per heavy atom. The number of hydrogen-bond donors (Lipinski definition) is 2. The van der Waals surface area contributed by atoms with Gasteiger partial charge in [0, 0.05) is 68.8 Å². The molecule has 1 aromatic heterocycles. The number of carbonyl (C=O) groups is 1. The highest BCUT2D eigenvalue weighted by atomic mass is 19.4. The zero-order chi connectivity index (χ0) is 28.6. The van der Waals surface area contributed by atoms with Gasteiger partial charge in [0.25, 0.3) is 0 Å². The van der Waals surface area contributed by atoms with Crippen molar-refractivity contribution in [1.29, 1.82) is 0 Å². The second kappa shape index (κ2) is 11.3. The van der Waals surface area contributed by atoms with Crippen LogP contribution in [0.3, 0.4) is 0 Å². The topological polar surface area (TPSA) is 85.9 Å². The molecule has 4 aliphatic rings. The molecular formula is C29H38F3N7O2. The minimum atomic E-state index is -4.60. The van der Waals surface area contributed by atoms with E-state index in [0.29, 0.717) is 45.2 Å². The molecule has 0 bridgehead atoms. The first kappa shape index (κ1) is 28.0. The van der Waals surface area contributed by atoms with E-state index < -0.39 is 11.7 Å². The van der Waals surface area contributed by atoms with Crippen LogP contribution >= 0.6 is 0 Å². The summed E-state index contributed by atoms with van der Waals surface area (Å²) >= 11 is 0. The normalized spacial score (nSPS) is 21.5. The number of hydrogen-bond acceptors (Lipinski definition) is 8. The van der Waals surface area contributed by atoms with Crippen LogP contribution in [0.25, 0.3) is 0 Å². The van der Waals surface area contributed by atoms with Gasteiger partial charge >= 0.3 is 6.18 Å². The van der Waals surface area contributed by atoms with Crippen LogP contribution in [0.2, 0.25) is 0 Å². The van der Waals surface area contributed by atoms with E-state index in [0.717, 1.165) is 69.3 Å². The second-order valence-corrected chi connectivity index (χ2v) is 11.9. The second-order valence-electron chi connectivity index (χ2n) is 11.9. The number of piperazine rings is 1. The molecule has 2 aliphatic carbocycles. The highest BCUT2D eigenvalue weighted by Gasteiger charge is 2.45. The molecular weight excluding hydrogens is 535 g/mol. The standard InChI is InChI=1S/C29H38F3N7O2/c1-37-9-11-38(12-10-37)21-4-5-24(22(16-21)20-2-3-20)35-27-33-17-23(29(30,31)32)26(36-27)34-18-28(7-8-28)19-39-13-15-41-14-6-25(39)40/h4-5,16-17,20H,2-3,6-15,18-19H2,1H3,(H2,33,34,35,36). The van der Waals surface area contributed by atoms with Crippen LogP contribution in [-0.4, -0.2) is 91.7 Å². The number of rotatable bonds is 9. The van der Waals surface area contributed by atoms with Gasteiger partial charge in [0.05, 0.1) is 19.6 Å². The van der Waals surface area contributed by atoms with E-state index in [2.05, 4.69) is 49.6 Å². The van der Waals surface area contributed by atoms with Crippen LogP contribution in [0.15, 0.2) is 24.4 Å². The summed E-state index contributed by atoms with van der Waals surface area (Å²) in [7, 11) is 2.13. The van der Waals surface area contributed by atoms with E-state index in [-0.39, 0.29) is 23.1 Å². The Hall–Kier alpha value is -3.12. The van der Waals surface area contributed by atoms with Crippen molar-refractivity contribution in [3.05, 3.63) is 35.5 Å². The fourth-order valence-electron chi connectivity index (χ4n) is 5.69. The zero-order valence-corrected chi connectivity index (χ0v) is 23.5. The van der Waals surface area contributed by atoms with Gasteiger partial charge in [-0.15, -0.1) is 0 Å². The van der Waals surface area contributed by atoms with Crippen molar-refractivity contribution in [3.63, 3.8) is 0 Å². The molecule has 2 aliphatic heterocycles. The lowest BCUT2D eigenvalue weighted by atomic mass is 10.1. The number of likely N-dealkylation sites (N-methyl/N-ethyl adjacent to an activating group) is 1. The van der Waals surface area contributed by atoms with Gasteiger partial charge < -0.3 is 30.1 Å². The monoisotopic (exact) mass is 573 g/mol. The first-order chi connectivity index (χ1) is 19.7. The van der Waals surface area contributed by atoms with Crippen LogP contribution in [0.5, 0.6) is 0 Å². The number of aromatic nitrogens is 2. The highest BCUT2D eigenvalue weighted by Crippen LogP contribution is 2.47. The molecule has 0 unspecified atom stereocenters. The fourth-order valence-corrected chi connectivity index (χ4v) is 5.69. The summed E-state index contributed by atoms with van der Waals surface area (Å²) in [6.45, 7) is 6.15. The SMILES string of the molecule is CN1CCN(c2ccc(Nc3ncc(C(F)(F)F)c(NCC4(CN5CCOCCC5=O)CC4)n3)c(C3CC3)c2)CC1. The Labute approximate surface area is 238 Å². The van der Waals surface area contributed by atoms with Crippen molar-refractivity contribution in [3.8, 4) is 0 Å². The lowest BCUT2D eigenvalue weighted by molar-refractivity contribution is -0.137. The van der Waals surface area contributed by atoms with Gasteiger partial charge in [-0.2, -0.15) is 18.2 Å². The first-order valence-corrected chi connectivity index (χ1v) is 14.6. The Morgan fingerprint density at radius 3 is 2.59 bits per heavy atom. The number of carbonyl (C=O) groups excluding carboxylic acids is 1. The van der Waals surface area contributed by atoms with E-state index in [9.17, 15) is 18.0 Å². The Balaban J connectivity index is 1.19. The average molecular weight is 574 g/mol. The summed E-state index contributed by atoms with van der Waals surface area (Å²) in [6.07, 6.45) is 0.451. The number of anilines is 4. The molecule has 1 aromatic carbocycles. The largest absolute Gasteiger partial charge is 0.421 e. The van der Waals surface area contributed by atoms with Crippen molar-refractivity contribution in [2.75, 3.05) is 81.6 Å². The minimum absolute atomic E-state index is 0.0309. The smallest absolute Gasteiger partial charge is 0.379 e. The molecule has 41 heavy (non-hydrogen) atoms. The number of nitrogens with one attached hydrogen (secondary N) is 2. The molecule has 3 heterocycles. The van der Waals surface area contributed by atoms with Gasteiger partial charge in [0.15, 0.2) is 0 Å². The van der Waals surface area contributed by atoms with Gasteiger partial charge in [-0.25, -0.2) is 4.98 Å². The van der Waals surface area contributed by atoms with Crippen molar-refractivity contribution in [2.45, 2.75) is 44.2 Å². The molecule has 222 valence electrons. The molecule has 1 amide bonds. The molecule has 0 atom stereocenters. The fraction of sp³-hybridized carbons (Fsp3) is 0.621. The zero-order valence-electron chi connectivity index (χ0n) is 23.5. The molecule has 2 N–H and O–H groups in total. The van der Waals surface area contributed by atoms with E-state index in [1.807, 2.05) is 6.07 Å². The number of alkyl halides is 3. The lowest BCUT2D eigenvalue weighted by Crippen LogP contribution is -2.44. The molecule has 6 rings (SSSR count). The lowest BCUT2D eigenvalue weighted by Gasteiger charge is -2.34. The quantitative estimate of drug-likeness (QED) is 0.459. The molecule has 2 saturated heterocycles. The summed E-state index contributed by atoms with van der Waals surface area (Å²) in [5.41, 5.74) is 2.00. The summed E-state index contributed by atoms with van der Waals surface area (Å²) in [5.74, 6) is 0.343. The Morgan fingerprint density at radius 1 is 1.10 bits per heavy atom. The minimum Gasteiger partial charge on any atom is -0.379 e. The summed E-state index contributed by atoms with van der Waals surface area (Å²) in [4.78, 5) is 27.3. The van der Waals surface area contributed by atoms with Crippen molar-refractivity contribution in [1.82, 2.24) is 19.8 Å². The number of nitrogens with zero attached hydrogens (tertiary/aromatic N) is 5.